The molecule has 0 aromatic carbocycles. The Kier molecular flexibility index (Phi) is 3.20. The second kappa shape index (κ2) is 4.58. The number of nitrogens with one attached hydrogen (secondary N) is 1. The zero-order valence-corrected chi connectivity index (χ0v) is 10.4. The van der Waals surface area contributed by atoms with Crippen LogP contribution in [-0.2, 0) is 6.18 Å². The van der Waals surface area contributed by atoms with Crippen LogP contribution in [0.1, 0.15) is 32.2 Å². The van der Waals surface area contributed by atoms with Crippen molar-refractivity contribution in [3.8, 4) is 0 Å². The molecule has 0 unspecified atom stereocenters. The summed E-state index contributed by atoms with van der Waals surface area (Å²) in [7, 11) is 1.32. The standard InChI is InChI=1S/C11H9F3N4O2/c1-5-8(11(12,13)14)16-9-7(10(20)15-2)3-6(4-19)17-18(5)9/h3-4H,1-2H3,(H,15,20). The minimum Gasteiger partial charge on any atom is -0.355 e. The number of aryl methyl sites for hydroxylation is 1. The van der Waals surface area contributed by atoms with E-state index in [2.05, 4.69) is 15.4 Å². The fourth-order valence-electron chi connectivity index (χ4n) is 1.77. The van der Waals surface area contributed by atoms with Crippen LogP contribution in [0.5, 0.6) is 0 Å². The molecule has 2 aromatic rings. The van der Waals surface area contributed by atoms with Crippen LogP contribution >= 0.6 is 0 Å². The molecule has 0 atom stereocenters. The number of hydrogen-bond acceptors (Lipinski definition) is 4. The number of rotatable bonds is 2. The van der Waals surface area contributed by atoms with Crippen molar-refractivity contribution in [2.24, 2.45) is 0 Å². The normalized spacial score (nSPS) is 11.7. The van der Waals surface area contributed by atoms with Gasteiger partial charge in [-0.05, 0) is 13.0 Å². The van der Waals surface area contributed by atoms with Crippen LogP contribution in [0.15, 0.2) is 6.07 Å². The van der Waals surface area contributed by atoms with Crippen molar-refractivity contribution in [2.45, 2.75) is 13.1 Å². The molecule has 1 N–H and O–H groups in total. The van der Waals surface area contributed by atoms with E-state index < -0.39 is 17.8 Å². The molecule has 0 saturated carbocycles. The second-order valence-corrected chi connectivity index (χ2v) is 3.96. The summed E-state index contributed by atoms with van der Waals surface area (Å²) in [5, 5.41) is 5.99. The number of carbonyl (C=O) groups is 2. The van der Waals surface area contributed by atoms with Gasteiger partial charge in [-0.3, -0.25) is 9.59 Å². The topological polar surface area (TPSA) is 76.4 Å². The number of aldehydes is 1. The number of hydrogen-bond donors (Lipinski definition) is 1. The predicted octanol–water partition coefficient (Wildman–Crippen LogP) is 1.23. The summed E-state index contributed by atoms with van der Waals surface area (Å²) in [6.45, 7) is 1.16. The maximum Gasteiger partial charge on any atom is 0.435 e. The summed E-state index contributed by atoms with van der Waals surface area (Å²) in [4.78, 5) is 25.9. The van der Waals surface area contributed by atoms with E-state index in [1.807, 2.05) is 0 Å². The van der Waals surface area contributed by atoms with Crippen molar-refractivity contribution >= 4 is 17.8 Å². The van der Waals surface area contributed by atoms with Gasteiger partial charge in [-0.25, -0.2) is 9.50 Å². The van der Waals surface area contributed by atoms with Crippen molar-refractivity contribution in [2.75, 3.05) is 7.05 Å². The molecule has 0 radical (unpaired) electrons. The summed E-state index contributed by atoms with van der Waals surface area (Å²) >= 11 is 0. The third kappa shape index (κ3) is 2.10. The van der Waals surface area contributed by atoms with Crippen LogP contribution in [0.2, 0.25) is 0 Å². The van der Waals surface area contributed by atoms with Gasteiger partial charge in [0.05, 0.1) is 11.3 Å². The number of aromatic nitrogens is 3. The summed E-state index contributed by atoms with van der Waals surface area (Å²) in [5.41, 5.74) is -1.99. The molecule has 20 heavy (non-hydrogen) atoms. The Bertz CT molecular complexity index is 706. The first-order valence-electron chi connectivity index (χ1n) is 5.44. The fraction of sp³-hybridized carbons (Fsp3) is 0.273. The summed E-state index contributed by atoms with van der Waals surface area (Å²) in [6.07, 6.45) is -4.32. The monoisotopic (exact) mass is 286 g/mol. The first-order valence-corrected chi connectivity index (χ1v) is 5.44. The number of nitrogens with zero attached hydrogens (tertiary/aromatic N) is 3. The van der Waals surface area contributed by atoms with Gasteiger partial charge >= 0.3 is 6.18 Å². The van der Waals surface area contributed by atoms with E-state index in [9.17, 15) is 22.8 Å². The molecule has 0 spiro atoms. The van der Waals surface area contributed by atoms with Crippen molar-refractivity contribution in [3.63, 3.8) is 0 Å². The minimum absolute atomic E-state index is 0.150. The molecule has 2 aromatic heterocycles. The van der Waals surface area contributed by atoms with Crippen LogP contribution < -0.4 is 5.32 Å². The Morgan fingerprint density at radius 2 is 2.10 bits per heavy atom. The molecule has 0 bridgehead atoms. The first-order chi connectivity index (χ1) is 9.29. The molecular formula is C11H9F3N4O2. The molecule has 0 saturated heterocycles. The highest BCUT2D eigenvalue weighted by molar-refractivity contribution is 6.00. The Balaban J connectivity index is 2.86. The molecule has 2 rings (SSSR count). The first kappa shape index (κ1) is 14.0. The smallest absolute Gasteiger partial charge is 0.355 e. The lowest BCUT2D eigenvalue weighted by molar-refractivity contribution is -0.141. The Morgan fingerprint density at radius 3 is 2.60 bits per heavy atom. The van der Waals surface area contributed by atoms with Crippen LogP contribution in [0.3, 0.4) is 0 Å². The van der Waals surface area contributed by atoms with Gasteiger partial charge in [-0.1, -0.05) is 0 Å². The fourth-order valence-corrected chi connectivity index (χ4v) is 1.77. The number of amides is 1. The van der Waals surface area contributed by atoms with E-state index in [1.54, 1.807) is 0 Å². The van der Waals surface area contributed by atoms with Crippen molar-refractivity contribution in [1.82, 2.24) is 19.9 Å². The Morgan fingerprint density at radius 1 is 1.45 bits per heavy atom. The van der Waals surface area contributed by atoms with E-state index in [-0.39, 0.29) is 22.6 Å². The lowest BCUT2D eigenvalue weighted by atomic mass is 10.2. The van der Waals surface area contributed by atoms with Gasteiger partial charge in [0.1, 0.15) is 5.69 Å². The Hall–Kier alpha value is -2.45. The van der Waals surface area contributed by atoms with Gasteiger partial charge in [0.2, 0.25) is 0 Å². The lowest BCUT2D eigenvalue weighted by Gasteiger charge is -2.04. The molecule has 1 amide bonds. The van der Waals surface area contributed by atoms with Crippen LogP contribution in [0.4, 0.5) is 13.2 Å². The molecule has 2 heterocycles. The largest absolute Gasteiger partial charge is 0.435 e. The van der Waals surface area contributed by atoms with Gasteiger partial charge in [0.15, 0.2) is 17.6 Å². The highest BCUT2D eigenvalue weighted by Crippen LogP contribution is 2.31. The molecule has 0 aliphatic heterocycles. The van der Waals surface area contributed by atoms with Gasteiger partial charge in [0.25, 0.3) is 5.91 Å². The van der Waals surface area contributed by atoms with Crippen LogP contribution in [0.25, 0.3) is 5.65 Å². The minimum atomic E-state index is -4.67. The number of halogens is 3. The van der Waals surface area contributed by atoms with Gasteiger partial charge < -0.3 is 5.32 Å². The highest BCUT2D eigenvalue weighted by Gasteiger charge is 2.37. The average Bonchev–Trinajstić information content (AvgIpc) is 2.74. The average molecular weight is 286 g/mol. The lowest BCUT2D eigenvalue weighted by Crippen LogP contribution is -2.20. The van der Waals surface area contributed by atoms with E-state index in [0.29, 0.717) is 6.29 Å². The van der Waals surface area contributed by atoms with Gasteiger partial charge in [-0.2, -0.15) is 18.3 Å². The van der Waals surface area contributed by atoms with Crippen molar-refractivity contribution in [1.29, 1.82) is 0 Å². The van der Waals surface area contributed by atoms with Crippen molar-refractivity contribution < 1.29 is 22.8 Å². The molecule has 106 valence electrons. The number of alkyl halides is 3. The molecule has 9 heteroatoms. The second-order valence-electron chi connectivity index (χ2n) is 3.96. The summed E-state index contributed by atoms with van der Waals surface area (Å²) in [5.74, 6) is -0.653. The van der Waals surface area contributed by atoms with Crippen LogP contribution in [0, 0.1) is 6.92 Å². The van der Waals surface area contributed by atoms with E-state index in [1.165, 1.54) is 7.05 Å². The molecule has 0 aliphatic rings. The van der Waals surface area contributed by atoms with Gasteiger partial charge in [-0.15, -0.1) is 0 Å². The van der Waals surface area contributed by atoms with E-state index >= 15 is 0 Å². The summed E-state index contributed by atoms with van der Waals surface area (Å²) < 4.78 is 39.3. The van der Waals surface area contributed by atoms with Crippen LogP contribution in [-0.4, -0.2) is 33.8 Å². The third-order valence-electron chi connectivity index (χ3n) is 2.69. The SMILES string of the molecule is CNC(=O)c1cc(C=O)nn2c(C)c(C(F)(F)F)nc12. The third-order valence-corrected chi connectivity index (χ3v) is 2.69. The molecule has 0 fully saturated rings. The quantitative estimate of drug-likeness (QED) is 0.842. The number of carbonyl (C=O) groups excluding carboxylic acids is 2. The Labute approximate surface area is 110 Å². The van der Waals surface area contributed by atoms with E-state index in [4.69, 9.17) is 0 Å². The highest BCUT2D eigenvalue weighted by atomic mass is 19.4. The molecular weight excluding hydrogens is 277 g/mol. The maximum atomic E-state index is 12.8. The predicted molar refractivity (Wildman–Crippen MR) is 61.5 cm³/mol. The van der Waals surface area contributed by atoms with E-state index in [0.717, 1.165) is 17.5 Å². The maximum absolute atomic E-state index is 12.8. The molecule has 0 aliphatic carbocycles. The van der Waals surface area contributed by atoms with Gasteiger partial charge in [0, 0.05) is 7.05 Å². The molecule has 6 nitrogen and oxygen atoms in total. The zero-order chi connectivity index (χ0) is 15.1. The zero-order valence-electron chi connectivity index (χ0n) is 10.4. The van der Waals surface area contributed by atoms with Crippen molar-refractivity contribution in [3.05, 3.63) is 28.7 Å². The number of fused-ring (bicyclic) bond motifs is 1. The summed E-state index contributed by atoms with van der Waals surface area (Å²) in [6, 6.07) is 1.09. The number of imidazole rings is 1.